The number of ether oxygens (including phenoxy) is 1. The van der Waals surface area contributed by atoms with Crippen LogP contribution in [0.2, 0.25) is 0 Å². The van der Waals surface area contributed by atoms with Crippen LogP contribution >= 0.6 is 0 Å². The smallest absolute Gasteiger partial charge is 0.399 e. The SMILES string of the molecule is COC(C)(C)c1ncc(B2OC(C)(C)C(C)(C)O2)cn1. The van der Waals surface area contributed by atoms with Gasteiger partial charge in [-0.15, -0.1) is 0 Å². The van der Waals surface area contributed by atoms with E-state index in [9.17, 15) is 0 Å². The van der Waals surface area contributed by atoms with Gasteiger partial charge in [0.15, 0.2) is 5.82 Å². The molecule has 1 saturated heterocycles. The molecule has 5 nitrogen and oxygen atoms in total. The molecular formula is C14H23BN2O3. The second-order valence-corrected chi connectivity index (χ2v) is 6.64. The van der Waals surface area contributed by atoms with Gasteiger partial charge < -0.3 is 14.0 Å². The van der Waals surface area contributed by atoms with E-state index in [1.807, 2.05) is 41.5 Å². The van der Waals surface area contributed by atoms with Crippen molar-refractivity contribution in [2.75, 3.05) is 7.11 Å². The van der Waals surface area contributed by atoms with Crippen molar-refractivity contribution in [3.05, 3.63) is 18.2 Å². The van der Waals surface area contributed by atoms with E-state index in [2.05, 4.69) is 9.97 Å². The van der Waals surface area contributed by atoms with E-state index in [1.165, 1.54) is 0 Å². The Balaban J connectivity index is 2.21. The zero-order chi connectivity index (χ0) is 15.2. The Morgan fingerprint density at radius 1 is 1.05 bits per heavy atom. The maximum Gasteiger partial charge on any atom is 0.498 e. The third kappa shape index (κ3) is 2.60. The summed E-state index contributed by atoms with van der Waals surface area (Å²) in [5, 5.41) is 0. The van der Waals surface area contributed by atoms with Crippen molar-refractivity contribution in [2.24, 2.45) is 0 Å². The van der Waals surface area contributed by atoms with Gasteiger partial charge in [0.1, 0.15) is 5.60 Å². The molecule has 1 aliphatic heterocycles. The molecule has 2 rings (SSSR count). The van der Waals surface area contributed by atoms with Crippen LogP contribution in [-0.2, 0) is 19.6 Å². The fourth-order valence-corrected chi connectivity index (χ4v) is 1.84. The van der Waals surface area contributed by atoms with Crippen LogP contribution in [0.1, 0.15) is 47.4 Å². The molecule has 20 heavy (non-hydrogen) atoms. The largest absolute Gasteiger partial charge is 0.498 e. The zero-order valence-corrected chi connectivity index (χ0v) is 13.4. The van der Waals surface area contributed by atoms with Gasteiger partial charge in [-0.25, -0.2) is 9.97 Å². The second-order valence-electron chi connectivity index (χ2n) is 6.64. The van der Waals surface area contributed by atoms with Gasteiger partial charge in [0.05, 0.1) is 11.2 Å². The molecule has 1 aromatic heterocycles. The Hall–Kier alpha value is -0.975. The third-order valence-electron chi connectivity index (χ3n) is 4.25. The Labute approximate surface area is 121 Å². The predicted octanol–water partition coefficient (Wildman–Crippen LogP) is 1.66. The maximum absolute atomic E-state index is 5.97. The van der Waals surface area contributed by atoms with E-state index in [0.29, 0.717) is 5.82 Å². The van der Waals surface area contributed by atoms with Crippen molar-refractivity contribution in [3.8, 4) is 0 Å². The summed E-state index contributed by atoms with van der Waals surface area (Å²) in [6, 6.07) is 0. The van der Waals surface area contributed by atoms with Gasteiger partial charge in [-0.05, 0) is 41.5 Å². The fourth-order valence-electron chi connectivity index (χ4n) is 1.84. The van der Waals surface area contributed by atoms with E-state index in [1.54, 1.807) is 19.5 Å². The summed E-state index contributed by atoms with van der Waals surface area (Å²) < 4.78 is 17.3. The fraction of sp³-hybridized carbons (Fsp3) is 0.714. The molecule has 0 aliphatic carbocycles. The Bertz CT molecular complexity index is 470. The van der Waals surface area contributed by atoms with Crippen molar-refractivity contribution in [3.63, 3.8) is 0 Å². The lowest BCUT2D eigenvalue weighted by molar-refractivity contribution is 0.00578. The highest BCUT2D eigenvalue weighted by Gasteiger charge is 2.52. The summed E-state index contributed by atoms with van der Waals surface area (Å²) in [6.07, 6.45) is 3.48. The minimum atomic E-state index is -0.505. The minimum Gasteiger partial charge on any atom is -0.399 e. The Morgan fingerprint density at radius 2 is 1.50 bits per heavy atom. The first kappa shape index (κ1) is 15.4. The average molecular weight is 278 g/mol. The highest BCUT2D eigenvalue weighted by atomic mass is 16.7. The molecule has 1 aromatic rings. The molecule has 0 aromatic carbocycles. The monoisotopic (exact) mass is 278 g/mol. The van der Waals surface area contributed by atoms with Gasteiger partial charge in [-0.2, -0.15) is 0 Å². The maximum atomic E-state index is 5.97. The summed E-state index contributed by atoms with van der Waals surface area (Å²) in [7, 11) is 1.21. The van der Waals surface area contributed by atoms with E-state index in [4.69, 9.17) is 14.0 Å². The molecule has 0 N–H and O–H groups in total. The predicted molar refractivity (Wildman–Crippen MR) is 77.8 cm³/mol. The van der Waals surface area contributed by atoms with E-state index in [0.717, 1.165) is 5.46 Å². The van der Waals surface area contributed by atoms with E-state index in [-0.39, 0.29) is 11.2 Å². The van der Waals surface area contributed by atoms with Crippen LogP contribution < -0.4 is 5.46 Å². The van der Waals surface area contributed by atoms with Crippen LogP contribution in [0.4, 0.5) is 0 Å². The molecule has 2 heterocycles. The van der Waals surface area contributed by atoms with Gasteiger partial charge >= 0.3 is 7.12 Å². The molecule has 0 atom stereocenters. The van der Waals surface area contributed by atoms with Gasteiger partial charge in [-0.3, -0.25) is 0 Å². The number of aromatic nitrogens is 2. The van der Waals surface area contributed by atoms with Gasteiger partial charge in [0.25, 0.3) is 0 Å². The van der Waals surface area contributed by atoms with Crippen LogP contribution in [0.25, 0.3) is 0 Å². The first-order chi connectivity index (χ1) is 9.09. The number of rotatable bonds is 3. The van der Waals surface area contributed by atoms with Crippen molar-refractivity contribution >= 4 is 12.6 Å². The lowest BCUT2D eigenvalue weighted by atomic mass is 9.81. The Kier molecular flexibility index (Phi) is 3.69. The van der Waals surface area contributed by atoms with Crippen LogP contribution in [0.3, 0.4) is 0 Å². The number of nitrogens with zero attached hydrogens (tertiary/aromatic N) is 2. The number of hydrogen-bond donors (Lipinski definition) is 0. The molecule has 1 aliphatic rings. The third-order valence-corrected chi connectivity index (χ3v) is 4.25. The number of methoxy groups -OCH3 is 1. The topological polar surface area (TPSA) is 53.5 Å². The summed E-state index contributed by atoms with van der Waals surface area (Å²) in [5.41, 5.74) is -0.405. The lowest BCUT2D eigenvalue weighted by Crippen LogP contribution is -2.41. The summed E-state index contributed by atoms with van der Waals surface area (Å²) >= 11 is 0. The molecule has 6 heteroatoms. The highest BCUT2D eigenvalue weighted by Crippen LogP contribution is 2.36. The second kappa shape index (κ2) is 4.79. The van der Waals surface area contributed by atoms with Crippen LogP contribution in [-0.4, -0.2) is 35.4 Å². The van der Waals surface area contributed by atoms with Crippen LogP contribution in [0.5, 0.6) is 0 Å². The minimum absolute atomic E-state index is 0.359. The molecule has 0 saturated carbocycles. The van der Waals surface area contributed by atoms with Crippen LogP contribution in [0.15, 0.2) is 12.4 Å². The molecule has 0 bridgehead atoms. The summed E-state index contributed by atoms with van der Waals surface area (Å²) in [4.78, 5) is 8.73. The summed E-state index contributed by atoms with van der Waals surface area (Å²) in [5.74, 6) is 0.639. The quantitative estimate of drug-likeness (QED) is 0.787. The van der Waals surface area contributed by atoms with Gasteiger partial charge in [0, 0.05) is 25.0 Å². The van der Waals surface area contributed by atoms with Crippen molar-refractivity contribution in [1.82, 2.24) is 9.97 Å². The molecule has 0 unspecified atom stereocenters. The first-order valence-electron chi connectivity index (χ1n) is 6.82. The normalized spacial score (nSPS) is 21.2. The molecule has 0 radical (unpaired) electrons. The number of hydrogen-bond acceptors (Lipinski definition) is 5. The molecule has 110 valence electrons. The highest BCUT2D eigenvalue weighted by molar-refractivity contribution is 6.61. The molecule has 0 amide bonds. The van der Waals surface area contributed by atoms with E-state index >= 15 is 0 Å². The lowest BCUT2D eigenvalue weighted by Gasteiger charge is -2.32. The van der Waals surface area contributed by atoms with Crippen molar-refractivity contribution < 1.29 is 14.0 Å². The standard InChI is InChI=1S/C14H23BN2O3/c1-12(2,18-7)11-16-8-10(9-17-11)15-19-13(3,4)14(5,6)20-15/h8-9H,1-7H3. The average Bonchev–Trinajstić information content (AvgIpc) is 2.59. The first-order valence-corrected chi connectivity index (χ1v) is 6.82. The molecule has 0 spiro atoms. The van der Waals surface area contributed by atoms with Crippen molar-refractivity contribution in [2.45, 2.75) is 58.3 Å². The van der Waals surface area contributed by atoms with Gasteiger partial charge in [-0.1, -0.05) is 0 Å². The van der Waals surface area contributed by atoms with Gasteiger partial charge in [0.2, 0.25) is 0 Å². The van der Waals surface area contributed by atoms with Crippen molar-refractivity contribution in [1.29, 1.82) is 0 Å². The Morgan fingerprint density at radius 3 is 1.90 bits per heavy atom. The van der Waals surface area contributed by atoms with Crippen LogP contribution in [0, 0.1) is 0 Å². The summed E-state index contributed by atoms with van der Waals surface area (Å²) in [6.45, 7) is 12.0. The molecular weight excluding hydrogens is 255 g/mol. The van der Waals surface area contributed by atoms with E-state index < -0.39 is 12.7 Å². The zero-order valence-electron chi connectivity index (χ0n) is 13.4. The molecule has 1 fully saturated rings.